The van der Waals surface area contributed by atoms with E-state index < -0.39 is 44.3 Å². The van der Waals surface area contributed by atoms with Crippen LogP contribution in [0.15, 0.2) is 36.5 Å². The number of hydrogen-bond donors (Lipinski definition) is 6. The molecule has 0 spiro atoms. The molecule has 13 nitrogen and oxygen atoms in total. The topological polar surface area (TPSA) is 193 Å². The molecule has 0 aromatic carbocycles. The number of rotatable bonds is 99. The van der Waals surface area contributed by atoms with Crippen LogP contribution in [-0.2, 0) is 32.5 Å². The predicted molar refractivity (Wildman–Crippen MR) is 515 cm³/mol. The summed E-state index contributed by atoms with van der Waals surface area (Å²) in [4.78, 5) is 41.7. The van der Waals surface area contributed by atoms with E-state index in [1.54, 1.807) is 18.2 Å². The van der Waals surface area contributed by atoms with Crippen molar-refractivity contribution in [1.82, 2.24) is 16.0 Å². The lowest BCUT2D eigenvalue weighted by molar-refractivity contribution is -0.123. The second kappa shape index (κ2) is 94.7. The summed E-state index contributed by atoms with van der Waals surface area (Å²) in [5, 5.41) is 45.3. The van der Waals surface area contributed by atoms with Crippen molar-refractivity contribution in [2.45, 2.75) is 598 Å². The number of phosphoric ester groups is 1. The molecule has 0 aliphatic heterocycles. The van der Waals surface area contributed by atoms with Crippen LogP contribution in [-0.4, -0.2) is 89.3 Å². The molecule has 0 aliphatic rings. The first-order chi connectivity index (χ1) is 58.4. The fraction of sp³-hybridized carbons (Fsp3) is 0.914. The zero-order chi connectivity index (χ0) is 86.6. The number of carbonyl (C=O) groups excluding carboxylic acids is 3. The van der Waals surface area contributed by atoms with Gasteiger partial charge in [0.1, 0.15) is 0 Å². The molecule has 0 radical (unpaired) electrons. The lowest BCUT2D eigenvalue weighted by Crippen LogP contribution is -2.43. The molecule has 704 valence electrons. The van der Waals surface area contributed by atoms with Crippen molar-refractivity contribution in [2.24, 2.45) is 0 Å². The average molecular weight is 1700 g/mol. The standard InChI is InChI=1S/C105H204N3O10P/c1-7-13-19-25-31-37-43-49-55-61-67-73-79-85-100(109)97(106-103(112)88-82-76-70-64-58-52-46-40-34-28-22-16-10-4)91-94-116-119(115,117-95-92-98(101(110)86-80-74-68-62-56-50-44-38-32-26-20-14-8-2)107-104(113)89-83-77-71-65-59-53-47-41-35-29-23-17-11-5)118-96-93-99(102(111)87-81-75-69-63-57-51-45-39-33-27-21-15-9-3)108-105(114)90-84-78-72-66-60-54-48-42-36-30-24-18-12-6/h79-81,85-87,97-102,109-111H,7-78,82-84,88-96H2,1-6H3,(H,106,112)(H,107,113)(H,108,114)/b85-79+,86-80+,87-81+. The summed E-state index contributed by atoms with van der Waals surface area (Å²) < 4.78 is 34.4. The molecule has 6 unspecified atom stereocenters. The third-order valence-corrected chi connectivity index (χ3v) is 26.3. The maximum absolute atomic E-state index is 15.5. The average Bonchev–Trinajstić information content (AvgIpc) is 0.877. The number of aliphatic hydroxyl groups is 3. The monoisotopic (exact) mass is 1700 g/mol. The van der Waals surface area contributed by atoms with Crippen LogP contribution < -0.4 is 16.0 Å². The number of aliphatic hydroxyl groups excluding tert-OH is 3. The van der Waals surface area contributed by atoms with Crippen LogP contribution >= 0.6 is 7.82 Å². The highest BCUT2D eigenvalue weighted by atomic mass is 31.2. The molecule has 0 aromatic rings. The molecule has 0 saturated heterocycles. The molecule has 0 bridgehead atoms. The number of hydrogen-bond acceptors (Lipinski definition) is 10. The summed E-state index contributed by atoms with van der Waals surface area (Å²) >= 11 is 0. The summed E-state index contributed by atoms with van der Waals surface area (Å²) in [6.07, 6.45) is 101. The Balaban J connectivity index is 6.96. The second-order valence-corrected chi connectivity index (χ2v) is 38.2. The van der Waals surface area contributed by atoms with Gasteiger partial charge in [-0.25, -0.2) is 4.57 Å². The lowest BCUT2D eigenvalue weighted by Gasteiger charge is -2.26. The Labute approximate surface area is 739 Å². The zero-order valence-electron chi connectivity index (χ0n) is 80.0. The molecule has 14 heteroatoms. The molecule has 0 rings (SSSR count). The Morgan fingerprint density at radius 1 is 0.235 bits per heavy atom. The summed E-state index contributed by atoms with van der Waals surface area (Å²) in [6.45, 7) is 13.0. The van der Waals surface area contributed by atoms with Gasteiger partial charge in [0, 0.05) is 19.3 Å². The van der Waals surface area contributed by atoms with Gasteiger partial charge < -0.3 is 31.3 Å². The van der Waals surface area contributed by atoms with E-state index in [0.717, 1.165) is 116 Å². The van der Waals surface area contributed by atoms with E-state index in [0.29, 0.717) is 19.3 Å². The first-order valence-corrected chi connectivity index (χ1v) is 54.3. The highest BCUT2D eigenvalue weighted by Crippen LogP contribution is 2.50. The minimum absolute atomic E-state index is 0.103. The van der Waals surface area contributed by atoms with Crippen molar-refractivity contribution in [3.63, 3.8) is 0 Å². The van der Waals surface area contributed by atoms with Crippen LogP contribution in [0.2, 0.25) is 0 Å². The highest BCUT2D eigenvalue weighted by Gasteiger charge is 2.32. The van der Waals surface area contributed by atoms with Crippen molar-refractivity contribution in [3.8, 4) is 0 Å². The van der Waals surface area contributed by atoms with E-state index >= 15 is 4.57 Å². The Bertz CT molecular complexity index is 2000. The summed E-state index contributed by atoms with van der Waals surface area (Å²) in [6, 6.07) is -2.27. The highest BCUT2D eigenvalue weighted by molar-refractivity contribution is 7.48. The van der Waals surface area contributed by atoms with Gasteiger partial charge >= 0.3 is 7.82 Å². The van der Waals surface area contributed by atoms with E-state index in [2.05, 4.69) is 57.5 Å². The zero-order valence-corrected chi connectivity index (χ0v) is 80.9. The SMILES string of the molecule is CCCCCCCCCCCCC/C=C/C(O)C(CCOP(=O)(OCCC(NC(=O)CCCCCCCCCCCCCCC)C(O)/C=C/CCCCCCCCCCCCC)OCCC(NC(=O)CCCCCCCCCCCCCCC)C(O)/C=C/CCCCCCCCCCCCC)NC(=O)CCCCCCCCCCCCCCC. The van der Waals surface area contributed by atoms with E-state index in [9.17, 15) is 29.7 Å². The van der Waals surface area contributed by atoms with E-state index in [1.807, 2.05) is 18.2 Å². The first kappa shape index (κ1) is 117. The number of amides is 3. The van der Waals surface area contributed by atoms with Crippen LogP contribution in [0.1, 0.15) is 562 Å². The van der Waals surface area contributed by atoms with Crippen molar-refractivity contribution >= 4 is 25.5 Å². The van der Waals surface area contributed by atoms with Gasteiger partial charge in [-0.1, -0.05) is 502 Å². The van der Waals surface area contributed by atoms with Crippen LogP contribution in [0.25, 0.3) is 0 Å². The van der Waals surface area contributed by atoms with Crippen LogP contribution in [0, 0.1) is 0 Å². The van der Waals surface area contributed by atoms with Crippen LogP contribution in [0.4, 0.5) is 0 Å². The van der Waals surface area contributed by atoms with Gasteiger partial charge in [-0.3, -0.25) is 28.0 Å². The number of phosphoric acid groups is 1. The molecule has 119 heavy (non-hydrogen) atoms. The van der Waals surface area contributed by atoms with Crippen molar-refractivity contribution in [1.29, 1.82) is 0 Å². The molecule has 0 aliphatic carbocycles. The van der Waals surface area contributed by atoms with Crippen LogP contribution in [0.5, 0.6) is 0 Å². The fourth-order valence-electron chi connectivity index (χ4n) is 16.6. The van der Waals surface area contributed by atoms with Gasteiger partial charge in [-0.2, -0.15) is 0 Å². The molecule has 6 atom stereocenters. The Kier molecular flexibility index (Phi) is 92.8. The summed E-state index contributed by atoms with van der Waals surface area (Å²) in [5.41, 5.74) is 0. The quantitative estimate of drug-likeness (QED) is 0.0194. The van der Waals surface area contributed by atoms with E-state index in [1.165, 1.54) is 366 Å². The Morgan fingerprint density at radius 2 is 0.378 bits per heavy atom. The molecule has 0 heterocycles. The molecule has 0 saturated carbocycles. The number of carbonyl (C=O) groups is 3. The number of nitrogens with one attached hydrogen (secondary N) is 3. The molecule has 0 fully saturated rings. The van der Waals surface area contributed by atoms with Crippen molar-refractivity contribution < 1.29 is 47.8 Å². The third-order valence-electron chi connectivity index (χ3n) is 24.8. The van der Waals surface area contributed by atoms with Crippen LogP contribution in [0.3, 0.4) is 0 Å². The maximum Gasteiger partial charge on any atom is 0.474 e. The van der Waals surface area contributed by atoms with Crippen molar-refractivity contribution in [3.05, 3.63) is 36.5 Å². The second-order valence-electron chi connectivity index (χ2n) is 36.5. The minimum Gasteiger partial charge on any atom is -0.387 e. The third kappa shape index (κ3) is 84.9. The van der Waals surface area contributed by atoms with E-state index in [-0.39, 0.29) is 56.8 Å². The molecular weight excluding hydrogens is 1490 g/mol. The number of unbranched alkanes of at least 4 members (excludes halogenated alkanes) is 69. The molecular formula is C105H204N3O10P. The van der Waals surface area contributed by atoms with Gasteiger partial charge in [-0.05, 0) is 77.0 Å². The van der Waals surface area contributed by atoms with Gasteiger partial charge in [0.15, 0.2) is 0 Å². The molecule has 0 aromatic heterocycles. The normalized spacial score (nSPS) is 14.1. The predicted octanol–water partition coefficient (Wildman–Crippen LogP) is 32.1. The van der Waals surface area contributed by atoms with Gasteiger partial charge in [0.2, 0.25) is 17.7 Å². The van der Waals surface area contributed by atoms with Gasteiger partial charge in [0.25, 0.3) is 0 Å². The summed E-state index contributed by atoms with van der Waals surface area (Å²) in [7, 11) is -4.50. The van der Waals surface area contributed by atoms with Gasteiger partial charge in [-0.15, -0.1) is 0 Å². The van der Waals surface area contributed by atoms with Gasteiger partial charge in [0.05, 0.1) is 56.3 Å². The fourth-order valence-corrected chi connectivity index (χ4v) is 17.8. The lowest BCUT2D eigenvalue weighted by atomic mass is 10.0. The minimum atomic E-state index is -4.50. The largest absolute Gasteiger partial charge is 0.474 e. The molecule has 6 N–H and O–H groups in total. The van der Waals surface area contributed by atoms with E-state index in [4.69, 9.17) is 13.6 Å². The smallest absolute Gasteiger partial charge is 0.387 e. The number of allylic oxidation sites excluding steroid dienone is 3. The Morgan fingerprint density at radius 3 is 0.538 bits per heavy atom. The van der Waals surface area contributed by atoms with Crippen molar-refractivity contribution in [2.75, 3.05) is 19.8 Å². The first-order valence-electron chi connectivity index (χ1n) is 52.9. The Hall–Kier alpha value is -2.38. The maximum atomic E-state index is 15.5. The molecule has 3 amide bonds. The summed E-state index contributed by atoms with van der Waals surface area (Å²) in [5.74, 6) is -0.434.